The van der Waals surface area contributed by atoms with E-state index in [1.54, 1.807) is 0 Å². The van der Waals surface area contributed by atoms with Crippen LogP contribution < -0.4 is 5.43 Å². The minimum absolute atomic E-state index is 0.213. The molecule has 1 N–H and O–H groups in total. The highest BCUT2D eigenvalue weighted by Gasteiger charge is 2.27. The van der Waals surface area contributed by atoms with Gasteiger partial charge in [0, 0.05) is 0 Å². The van der Waals surface area contributed by atoms with Gasteiger partial charge < -0.3 is 0 Å². The Balaban J connectivity index is 2.41. The molecule has 50 valence electrons. The molecular formula is C5H4N4O. The van der Waals surface area contributed by atoms with Crippen LogP contribution in [-0.2, 0) is 4.79 Å². The van der Waals surface area contributed by atoms with E-state index < -0.39 is 6.04 Å². The van der Waals surface area contributed by atoms with Gasteiger partial charge in [-0.1, -0.05) is 0 Å². The van der Waals surface area contributed by atoms with E-state index in [1.807, 2.05) is 0 Å². The van der Waals surface area contributed by atoms with Crippen LogP contribution in [0, 0.1) is 0 Å². The zero-order valence-corrected chi connectivity index (χ0v) is 4.98. The normalized spacial score (nSPS) is 27.8. The maximum absolute atomic E-state index is 10.9. The molecule has 2 aliphatic rings. The van der Waals surface area contributed by atoms with Crippen LogP contribution in [0.1, 0.15) is 0 Å². The summed E-state index contributed by atoms with van der Waals surface area (Å²) in [6.07, 6.45) is 2.87. The molecule has 0 saturated heterocycles. The second-order valence-electron chi connectivity index (χ2n) is 1.96. The first-order chi connectivity index (χ1) is 4.88. The van der Waals surface area contributed by atoms with Crippen molar-refractivity contribution in [3.8, 4) is 0 Å². The van der Waals surface area contributed by atoms with Crippen LogP contribution in [-0.4, -0.2) is 30.2 Å². The molecule has 1 unspecified atom stereocenters. The van der Waals surface area contributed by atoms with Crippen molar-refractivity contribution in [2.75, 3.05) is 0 Å². The van der Waals surface area contributed by atoms with Crippen molar-refractivity contribution in [2.24, 2.45) is 15.1 Å². The average molecular weight is 136 g/mol. The third-order valence-corrected chi connectivity index (χ3v) is 1.32. The molecule has 0 aromatic heterocycles. The smallest absolute Gasteiger partial charge is 0.270 e. The molecule has 2 aliphatic heterocycles. The van der Waals surface area contributed by atoms with Crippen molar-refractivity contribution in [3.05, 3.63) is 0 Å². The lowest BCUT2D eigenvalue weighted by Crippen LogP contribution is -2.39. The molecule has 0 fully saturated rings. The third-order valence-electron chi connectivity index (χ3n) is 1.32. The molecule has 10 heavy (non-hydrogen) atoms. The van der Waals surface area contributed by atoms with Crippen molar-refractivity contribution in [1.29, 1.82) is 0 Å². The molecule has 1 amide bonds. The highest BCUT2D eigenvalue weighted by atomic mass is 16.2. The standard InChI is InChI=1S/C5H4N4O/c10-5-4-3(1-8-9-5)6-2-7-4/h1-2,4H,(H,9,10). The van der Waals surface area contributed by atoms with E-state index in [-0.39, 0.29) is 5.91 Å². The van der Waals surface area contributed by atoms with E-state index in [0.29, 0.717) is 5.71 Å². The first-order valence-electron chi connectivity index (χ1n) is 2.80. The summed E-state index contributed by atoms with van der Waals surface area (Å²) in [5.74, 6) is -0.213. The van der Waals surface area contributed by atoms with E-state index in [0.717, 1.165) is 0 Å². The number of nitrogens with zero attached hydrogens (tertiary/aromatic N) is 3. The number of nitrogens with one attached hydrogen (secondary N) is 1. The van der Waals surface area contributed by atoms with Crippen molar-refractivity contribution in [2.45, 2.75) is 6.04 Å². The number of hydrazone groups is 1. The van der Waals surface area contributed by atoms with Crippen LogP contribution in [0.25, 0.3) is 0 Å². The molecule has 2 heterocycles. The second kappa shape index (κ2) is 1.73. The minimum atomic E-state index is -0.447. The first-order valence-corrected chi connectivity index (χ1v) is 2.80. The summed E-state index contributed by atoms with van der Waals surface area (Å²) in [5, 5.41) is 3.57. The molecule has 5 nitrogen and oxygen atoms in total. The van der Waals surface area contributed by atoms with Crippen LogP contribution in [0.5, 0.6) is 0 Å². The fourth-order valence-electron chi connectivity index (χ4n) is 0.843. The maximum atomic E-state index is 10.9. The fourth-order valence-corrected chi connectivity index (χ4v) is 0.843. The Bertz CT molecular complexity index is 265. The van der Waals surface area contributed by atoms with Crippen LogP contribution in [0.15, 0.2) is 15.1 Å². The Hall–Kier alpha value is -1.52. The summed E-state index contributed by atoms with van der Waals surface area (Å²) in [4.78, 5) is 18.5. The molecule has 0 aromatic carbocycles. The number of aliphatic imine (C=N–C) groups is 2. The second-order valence-corrected chi connectivity index (χ2v) is 1.96. The number of hydrogen-bond acceptors (Lipinski definition) is 4. The number of amides is 1. The zero-order chi connectivity index (χ0) is 6.97. The first kappa shape index (κ1) is 5.28. The zero-order valence-electron chi connectivity index (χ0n) is 4.98. The third kappa shape index (κ3) is 0.570. The molecular weight excluding hydrogens is 132 g/mol. The Labute approximate surface area is 56.6 Å². The van der Waals surface area contributed by atoms with Crippen LogP contribution in [0.3, 0.4) is 0 Å². The molecule has 0 aromatic rings. The summed E-state index contributed by atoms with van der Waals surface area (Å²) in [6.45, 7) is 0. The van der Waals surface area contributed by atoms with E-state index in [9.17, 15) is 4.79 Å². The van der Waals surface area contributed by atoms with Crippen molar-refractivity contribution >= 4 is 24.2 Å². The minimum Gasteiger partial charge on any atom is -0.270 e. The summed E-state index contributed by atoms with van der Waals surface area (Å²) >= 11 is 0. The number of fused-ring (bicyclic) bond motifs is 1. The molecule has 0 spiro atoms. The Morgan fingerprint density at radius 2 is 2.50 bits per heavy atom. The predicted molar refractivity (Wildman–Crippen MR) is 36.3 cm³/mol. The summed E-state index contributed by atoms with van der Waals surface area (Å²) < 4.78 is 0. The molecule has 0 saturated carbocycles. The van der Waals surface area contributed by atoms with Crippen molar-refractivity contribution in [3.63, 3.8) is 0 Å². The van der Waals surface area contributed by atoms with Gasteiger partial charge in [0.15, 0.2) is 6.04 Å². The molecule has 2 rings (SSSR count). The van der Waals surface area contributed by atoms with E-state index >= 15 is 0 Å². The maximum Gasteiger partial charge on any atom is 0.271 e. The monoisotopic (exact) mass is 136 g/mol. The topological polar surface area (TPSA) is 66.2 Å². The van der Waals surface area contributed by atoms with Gasteiger partial charge in [0.25, 0.3) is 5.91 Å². The highest BCUT2D eigenvalue weighted by molar-refractivity contribution is 6.41. The van der Waals surface area contributed by atoms with Gasteiger partial charge in [-0.3, -0.25) is 9.79 Å². The van der Waals surface area contributed by atoms with E-state index in [2.05, 4.69) is 20.5 Å². The largest absolute Gasteiger partial charge is 0.271 e. The van der Waals surface area contributed by atoms with Crippen LogP contribution >= 0.6 is 0 Å². The number of carbonyl (C=O) groups is 1. The molecule has 0 radical (unpaired) electrons. The van der Waals surface area contributed by atoms with Gasteiger partial charge in [-0.2, -0.15) is 5.10 Å². The van der Waals surface area contributed by atoms with Gasteiger partial charge in [-0.25, -0.2) is 10.4 Å². The Morgan fingerprint density at radius 1 is 1.60 bits per heavy atom. The van der Waals surface area contributed by atoms with E-state index in [1.165, 1.54) is 12.6 Å². The van der Waals surface area contributed by atoms with Gasteiger partial charge in [-0.15, -0.1) is 0 Å². The number of carbonyl (C=O) groups excluding carboxylic acids is 1. The lowest BCUT2D eigenvalue weighted by molar-refractivity contribution is -0.120. The molecule has 5 heteroatoms. The lowest BCUT2D eigenvalue weighted by atomic mass is 10.2. The summed E-state index contributed by atoms with van der Waals surface area (Å²) in [5.41, 5.74) is 2.90. The van der Waals surface area contributed by atoms with Gasteiger partial charge in [0.2, 0.25) is 0 Å². The Morgan fingerprint density at radius 3 is 3.30 bits per heavy atom. The molecule has 0 aliphatic carbocycles. The number of hydrogen-bond donors (Lipinski definition) is 1. The lowest BCUT2D eigenvalue weighted by Gasteiger charge is -2.09. The van der Waals surface area contributed by atoms with Gasteiger partial charge >= 0.3 is 0 Å². The van der Waals surface area contributed by atoms with Gasteiger partial charge in [-0.05, 0) is 0 Å². The highest BCUT2D eigenvalue weighted by Crippen LogP contribution is 2.02. The van der Waals surface area contributed by atoms with Crippen LogP contribution in [0.4, 0.5) is 0 Å². The summed E-state index contributed by atoms with van der Waals surface area (Å²) in [6, 6.07) is -0.447. The van der Waals surface area contributed by atoms with E-state index in [4.69, 9.17) is 0 Å². The molecule has 0 bridgehead atoms. The van der Waals surface area contributed by atoms with Gasteiger partial charge in [0.05, 0.1) is 11.9 Å². The summed E-state index contributed by atoms with van der Waals surface area (Å²) in [7, 11) is 0. The van der Waals surface area contributed by atoms with Crippen molar-refractivity contribution in [1.82, 2.24) is 5.43 Å². The Kier molecular flexibility index (Phi) is 0.913. The SMILES string of the molecule is O=C1NN=CC2=NC=NC12. The fraction of sp³-hybridized carbons (Fsp3) is 0.200. The molecule has 1 atom stereocenters. The quantitative estimate of drug-likeness (QED) is 0.453. The van der Waals surface area contributed by atoms with Gasteiger partial charge in [0.1, 0.15) is 6.34 Å². The predicted octanol–water partition coefficient (Wildman–Crippen LogP) is -1.05. The number of rotatable bonds is 0. The van der Waals surface area contributed by atoms with Crippen LogP contribution in [0.2, 0.25) is 0 Å². The average Bonchev–Trinajstić information content (AvgIpc) is 2.36. The van der Waals surface area contributed by atoms with Crippen molar-refractivity contribution < 1.29 is 4.79 Å².